The summed E-state index contributed by atoms with van der Waals surface area (Å²) in [6.45, 7) is 3.31. The highest BCUT2D eigenvalue weighted by molar-refractivity contribution is 6.30. The second-order valence-electron chi connectivity index (χ2n) is 6.31. The molecule has 0 aliphatic heterocycles. The number of hydrogen-bond acceptors (Lipinski definition) is 4. The van der Waals surface area contributed by atoms with E-state index in [0.717, 1.165) is 23.1 Å². The predicted octanol–water partition coefficient (Wildman–Crippen LogP) is 4.62. The molecule has 0 spiro atoms. The summed E-state index contributed by atoms with van der Waals surface area (Å²) in [7, 11) is 0. The van der Waals surface area contributed by atoms with Gasteiger partial charge >= 0.3 is 0 Å². The molecule has 3 rings (SSSR count). The highest BCUT2D eigenvalue weighted by Crippen LogP contribution is 2.26. The second-order valence-corrected chi connectivity index (χ2v) is 6.75. The zero-order valence-corrected chi connectivity index (χ0v) is 16.5. The molecular formula is C22H23ClN2O3. The van der Waals surface area contributed by atoms with Crippen LogP contribution in [0.4, 0.5) is 0 Å². The van der Waals surface area contributed by atoms with Crippen molar-refractivity contribution in [2.24, 2.45) is 0 Å². The van der Waals surface area contributed by atoms with Crippen molar-refractivity contribution in [3.63, 3.8) is 0 Å². The maximum Gasteiger partial charge on any atom is 0.233 e. The zero-order valence-electron chi connectivity index (χ0n) is 15.8. The van der Waals surface area contributed by atoms with Crippen LogP contribution in [0.3, 0.4) is 0 Å². The van der Waals surface area contributed by atoms with Crippen LogP contribution < -0.4 is 4.74 Å². The molecule has 0 aliphatic rings. The monoisotopic (exact) mass is 398 g/mol. The van der Waals surface area contributed by atoms with Gasteiger partial charge in [-0.15, -0.1) is 5.10 Å². The molecule has 0 bridgehead atoms. The molecule has 0 saturated carbocycles. The zero-order chi connectivity index (χ0) is 19.8. The van der Waals surface area contributed by atoms with Gasteiger partial charge in [0.15, 0.2) is 0 Å². The van der Waals surface area contributed by atoms with Gasteiger partial charge in [-0.25, -0.2) is 0 Å². The lowest BCUT2D eigenvalue weighted by Crippen LogP contribution is -2.22. The molecular weight excluding hydrogens is 376 g/mol. The summed E-state index contributed by atoms with van der Waals surface area (Å²) >= 11 is 6.03. The number of hydrogen-bond donors (Lipinski definition) is 0. The first-order chi connectivity index (χ1) is 13.7. The van der Waals surface area contributed by atoms with Crippen LogP contribution in [-0.2, 0) is 16.1 Å². The van der Waals surface area contributed by atoms with Crippen molar-refractivity contribution in [2.45, 2.75) is 26.0 Å². The molecule has 0 amide bonds. The SMILES string of the molecule is CCOC(CC=O)COc1cc(-c2ccc(Cl)cc2)n(Cc2ccccc2)n1. The molecule has 1 aromatic heterocycles. The molecule has 0 fully saturated rings. The van der Waals surface area contributed by atoms with E-state index in [9.17, 15) is 4.79 Å². The lowest BCUT2D eigenvalue weighted by molar-refractivity contribution is -0.111. The third-order valence-corrected chi connectivity index (χ3v) is 4.50. The number of aldehydes is 1. The Balaban J connectivity index is 1.84. The fourth-order valence-electron chi connectivity index (χ4n) is 2.90. The van der Waals surface area contributed by atoms with E-state index in [2.05, 4.69) is 17.2 Å². The maximum absolute atomic E-state index is 10.8. The van der Waals surface area contributed by atoms with Crippen LogP contribution in [0.5, 0.6) is 5.88 Å². The van der Waals surface area contributed by atoms with E-state index in [1.807, 2.05) is 60.1 Å². The van der Waals surface area contributed by atoms with Crippen LogP contribution >= 0.6 is 11.6 Å². The van der Waals surface area contributed by atoms with Crippen molar-refractivity contribution in [1.29, 1.82) is 0 Å². The van der Waals surface area contributed by atoms with Crippen LogP contribution in [0, 0.1) is 0 Å². The fraction of sp³-hybridized carbons (Fsp3) is 0.273. The van der Waals surface area contributed by atoms with E-state index in [1.165, 1.54) is 0 Å². The van der Waals surface area contributed by atoms with E-state index < -0.39 is 0 Å². The molecule has 1 heterocycles. The van der Waals surface area contributed by atoms with Crippen molar-refractivity contribution in [2.75, 3.05) is 13.2 Å². The van der Waals surface area contributed by atoms with Crippen LogP contribution in [0.15, 0.2) is 60.7 Å². The van der Waals surface area contributed by atoms with Gasteiger partial charge in [0, 0.05) is 29.7 Å². The van der Waals surface area contributed by atoms with Crippen molar-refractivity contribution in [3.05, 3.63) is 71.2 Å². The lowest BCUT2D eigenvalue weighted by Gasteiger charge is -2.13. The number of benzene rings is 2. The Kier molecular flexibility index (Phi) is 7.23. The van der Waals surface area contributed by atoms with Gasteiger partial charge in [0.25, 0.3) is 0 Å². The number of halogens is 1. The minimum atomic E-state index is -0.277. The summed E-state index contributed by atoms with van der Waals surface area (Å²) < 4.78 is 13.3. The van der Waals surface area contributed by atoms with Crippen LogP contribution in [-0.4, -0.2) is 35.4 Å². The Morgan fingerprint density at radius 2 is 1.89 bits per heavy atom. The molecule has 1 unspecified atom stereocenters. The Bertz CT molecular complexity index is 879. The minimum Gasteiger partial charge on any atom is -0.474 e. The number of carbonyl (C=O) groups is 1. The third kappa shape index (κ3) is 5.44. The van der Waals surface area contributed by atoms with Crippen molar-refractivity contribution in [3.8, 4) is 17.1 Å². The van der Waals surface area contributed by atoms with Gasteiger partial charge in [-0.1, -0.05) is 54.1 Å². The van der Waals surface area contributed by atoms with Gasteiger partial charge in [-0.05, 0) is 24.6 Å². The standard InChI is InChI=1S/C22H23ClN2O3/c1-2-27-20(12-13-26)16-28-22-14-21(18-8-10-19(23)11-9-18)25(24-22)15-17-6-4-3-5-7-17/h3-11,13-14,20H,2,12,15-16H2,1H3. The van der Waals surface area contributed by atoms with Crippen molar-refractivity contribution < 1.29 is 14.3 Å². The second kappa shape index (κ2) is 10.1. The predicted molar refractivity (Wildman–Crippen MR) is 110 cm³/mol. The van der Waals surface area contributed by atoms with Gasteiger partial charge in [0.05, 0.1) is 18.3 Å². The maximum atomic E-state index is 10.8. The highest BCUT2D eigenvalue weighted by Gasteiger charge is 2.14. The van der Waals surface area contributed by atoms with Gasteiger partial charge in [-0.3, -0.25) is 4.68 Å². The molecule has 6 heteroatoms. The Morgan fingerprint density at radius 1 is 1.14 bits per heavy atom. The quantitative estimate of drug-likeness (QED) is 0.467. The molecule has 1 atom stereocenters. The Morgan fingerprint density at radius 3 is 2.57 bits per heavy atom. The van der Waals surface area contributed by atoms with Gasteiger partial charge in [0.1, 0.15) is 12.9 Å². The minimum absolute atomic E-state index is 0.273. The van der Waals surface area contributed by atoms with E-state index in [1.54, 1.807) is 0 Å². The summed E-state index contributed by atoms with van der Waals surface area (Å²) in [5, 5.41) is 5.30. The topological polar surface area (TPSA) is 53.4 Å². The first-order valence-electron chi connectivity index (χ1n) is 9.25. The average molecular weight is 399 g/mol. The van der Waals surface area contributed by atoms with E-state index >= 15 is 0 Å². The third-order valence-electron chi connectivity index (χ3n) is 4.25. The van der Waals surface area contributed by atoms with E-state index in [0.29, 0.717) is 30.5 Å². The first-order valence-corrected chi connectivity index (χ1v) is 9.63. The molecule has 3 aromatic rings. The van der Waals surface area contributed by atoms with E-state index in [4.69, 9.17) is 21.1 Å². The fourth-order valence-corrected chi connectivity index (χ4v) is 3.03. The van der Waals surface area contributed by atoms with Crippen molar-refractivity contribution >= 4 is 17.9 Å². The summed E-state index contributed by atoms with van der Waals surface area (Å²) in [5.41, 5.74) is 3.07. The van der Waals surface area contributed by atoms with Crippen LogP contribution in [0.2, 0.25) is 5.02 Å². The molecule has 0 aliphatic carbocycles. The number of ether oxygens (including phenoxy) is 2. The smallest absolute Gasteiger partial charge is 0.233 e. The van der Waals surface area contributed by atoms with Crippen molar-refractivity contribution in [1.82, 2.24) is 9.78 Å². The lowest BCUT2D eigenvalue weighted by atomic mass is 10.1. The summed E-state index contributed by atoms with van der Waals surface area (Å²) in [6.07, 6.45) is 0.861. The van der Waals surface area contributed by atoms with Crippen LogP contribution in [0.1, 0.15) is 18.9 Å². The normalized spacial score (nSPS) is 11.9. The van der Waals surface area contributed by atoms with Crippen LogP contribution in [0.25, 0.3) is 11.3 Å². The van der Waals surface area contributed by atoms with E-state index in [-0.39, 0.29) is 12.7 Å². The molecule has 0 saturated heterocycles. The van der Waals surface area contributed by atoms with Gasteiger partial charge < -0.3 is 14.3 Å². The summed E-state index contributed by atoms with van der Waals surface area (Å²) in [4.78, 5) is 10.8. The average Bonchev–Trinajstić information content (AvgIpc) is 3.10. The molecule has 146 valence electrons. The largest absolute Gasteiger partial charge is 0.474 e. The summed E-state index contributed by atoms with van der Waals surface area (Å²) in [6, 6.07) is 19.6. The number of nitrogens with zero attached hydrogens (tertiary/aromatic N) is 2. The van der Waals surface area contributed by atoms with Gasteiger partial charge in [-0.2, -0.15) is 0 Å². The number of rotatable bonds is 10. The summed E-state index contributed by atoms with van der Waals surface area (Å²) in [5.74, 6) is 0.497. The molecule has 28 heavy (non-hydrogen) atoms. The molecule has 5 nitrogen and oxygen atoms in total. The molecule has 0 radical (unpaired) electrons. The Hall–Kier alpha value is -2.63. The highest BCUT2D eigenvalue weighted by atomic mass is 35.5. The Labute approximate surface area is 169 Å². The number of carbonyl (C=O) groups excluding carboxylic acids is 1. The number of aromatic nitrogens is 2. The van der Waals surface area contributed by atoms with Gasteiger partial charge in [0.2, 0.25) is 5.88 Å². The molecule has 0 N–H and O–H groups in total. The molecule has 2 aromatic carbocycles. The first kappa shape index (κ1) is 20.1.